The molecule has 4 nitrogen and oxygen atoms in total. The first-order valence-electron chi connectivity index (χ1n) is 5.68. The van der Waals surface area contributed by atoms with Crippen molar-refractivity contribution in [2.45, 2.75) is 0 Å². The van der Waals surface area contributed by atoms with Crippen LogP contribution in [0.2, 0.25) is 0 Å². The van der Waals surface area contributed by atoms with Crippen LogP contribution in [0, 0.1) is 3.57 Å². The van der Waals surface area contributed by atoms with Gasteiger partial charge >= 0.3 is 0 Å². The van der Waals surface area contributed by atoms with Gasteiger partial charge in [-0.3, -0.25) is 20.4 Å². The first kappa shape index (κ1) is 15.0. The molecule has 20 heavy (non-hydrogen) atoms. The van der Waals surface area contributed by atoms with E-state index in [1.165, 1.54) is 0 Å². The molecule has 0 atom stereocenters. The second-order valence-corrected chi connectivity index (χ2v) is 5.99. The van der Waals surface area contributed by atoms with Crippen molar-refractivity contribution in [3.63, 3.8) is 0 Å². The predicted octanol–water partition coefficient (Wildman–Crippen LogP) is 3.13. The third-order valence-electron chi connectivity index (χ3n) is 2.51. The summed E-state index contributed by atoms with van der Waals surface area (Å²) in [6.07, 6.45) is 0. The third kappa shape index (κ3) is 3.80. The molecule has 2 aromatic rings. The van der Waals surface area contributed by atoms with Gasteiger partial charge in [0.1, 0.15) is 0 Å². The van der Waals surface area contributed by atoms with Crippen LogP contribution in [-0.4, -0.2) is 11.8 Å². The van der Waals surface area contributed by atoms with E-state index in [4.69, 9.17) is 0 Å². The number of carbonyl (C=O) groups excluding carboxylic acids is 2. The van der Waals surface area contributed by atoms with Crippen LogP contribution >= 0.6 is 38.5 Å². The fraction of sp³-hybridized carbons (Fsp3) is 0. The van der Waals surface area contributed by atoms with E-state index >= 15 is 0 Å². The quantitative estimate of drug-likeness (QED) is 0.552. The second-order valence-electron chi connectivity index (χ2n) is 3.89. The lowest BCUT2D eigenvalue weighted by atomic mass is 10.2. The number of hydrogen-bond donors (Lipinski definition) is 2. The SMILES string of the molecule is O=C(NNC(=O)c1ccccc1Br)c1ccc(I)cc1. The largest absolute Gasteiger partial charge is 0.270 e. The van der Waals surface area contributed by atoms with Crippen LogP contribution in [0.15, 0.2) is 53.0 Å². The summed E-state index contributed by atoms with van der Waals surface area (Å²) in [7, 11) is 0. The molecule has 0 unspecified atom stereocenters. The minimum atomic E-state index is -0.378. The van der Waals surface area contributed by atoms with E-state index in [1.54, 1.807) is 30.3 Å². The van der Waals surface area contributed by atoms with E-state index in [-0.39, 0.29) is 11.8 Å². The van der Waals surface area contributed by atoms with Crippen LogP contribution in [0.1, 0.15) is 20.7 Å². The van der Waals surface area contributed by atoms with Crippen LogP contribution in [0.4, 0.5) is 0 Å². The molecule has 0 aliphatic heterocycles. The molecule has 0 saturated heterocycles. The van der Waals surface area contributed by atoms with Gasteiger partial charge in [0.25, 0.3) is 11.8 Å². The van der Waals surface area contributed by atoms with Crippen LogP contribution in [0.3, 0.4) is 0 Å². The molecule has 0 heterocycles. The molecule has 0 bridgehead atoms. The molecule has 0 aliphatic rings. The van der Waals surface area contributed by atoms with Gasteiger partial charge in [-0.2, -0.15) is 0 Å². The number of nitrogens with one attached hydrogen (secondary N) is 2. The van der Waals surface area contributed by atoms with E-state index in [0.717, 1.165) is 3.57 Å². The van der Waals surface area contributed by atoms with Crippen molar-refractivity contribution in [1.29, 1.82) is 0 Å². The summed E-state index contributed by atoms with van der Waals surface area (Å²) in [5.41, 5.74) is 5.70. The minimum Gasteiger partial charge on any atom is -0.267 e. The Balaban J connectivity index is 1.99. The molecule has 0 spiro atoms. The molecule has 0 aliphatic carbocycles. The van der Waals surface area contributed by atoms with E-state index in [2.05, 4.69) is 49.4 Å². The molecular formula is C14H10BrIN2O2. The number of carbonyl (C=O) groups is 2. The smallest absolute Gasteiger partial charge is 0.267 e. The van der Waals surface area contributed by atoms with Gasteiger partial charge in [-0.05, 0) is 74.9 Å². The van der Waals surface area contributed by atoms with Gasteiger partial charge in [0.2, 0.25) is 0 Å². The highest BCUT2D eigenvalue weighted by atomic mass is 127. The summed E-state index contributed by atoms with van der Waals surface area (Å²) in [4.78, 5) is 23.7. The maximum Gasteiger partial charge on any atom is 0.270 e. The summed E-state index contributed by atoms with van der Waals surface area (Å²) >= 11 is 5.44. The highest BCUT2D eigenvalue weighted by molar-refractivity contribution is 14.1. The van der Waals surface area contributed by atoms with Crippen molar-refractivity contribution < 1.29 is 9.59 Å². The van der Waals surface area contributed by atoms with Gasteiger partial charge in [-0.25, -0.2) is 0 Å². The molecule has 2 amide bonds. The highest BCUT2D eigenvalue weighted by Crippen LogP contribution is 2.15. The van der Waals surface area contributed by atoms with Crippen molar-refractivity contribution in [2.75, 3.05) is 0 Å². The summed E-state index contributed by atoms with van der Waals surface area (Å²) in [5.74, 6) is -0.738. The third-order valence-corrected chi connectivity index (χ3v) is 3.93. The average molecular weight is 445 g/mol. The molecule has 102 valence electrons. The van der Waals surface area contributed by atoms with Gasteiger partial charge in [-0.1, -0.05) is 12.1 Å². The number of hydrogen-bond acceptors (Lipinski definition) is 2. The zero-order valence-corrected chi connectivity index (χ0v) is 13.9. The van der Waals surface area contributed by atoms with Crippen molar-refractivity contribution in [2.24, 2.45) is 0 Å². The lowest BCUT2D eigenvalue weighted by molar-refractivity contribution is 0.0846. The van der Waals surface area contributed by atoms with Crippen molar-refractivity contribution in [1.82, 2.24) is 10.9 Å². The Hall–Kier alpha value is -1.41. The molecule has 2 rings (SSSR count). The van der Waals surface area contributed by atoms with Gasteiger partial charge < -0.3 is 0 Å². The van der Waals surface area contributed by atoms with Gasteiger partial charge in [0, 0.05) is 13.6 Å². The standard InChI is InChI=1S/C14H10BrIN2O2/c15-12-4-2-1-3-11(12)14(20)18-17-13(19)9-5-7-10(16)8-6-9/h1-8H,(H,17,19)(H,18,20). The Labute approximate surface area is 138 Å². The normalized spacial score (nSPS) is 9.90. The summed E-state index contributed by atoms with van der Waals surface area (Å²) < 4.78 is 1.71. The first-order chi connectivity index (χ1) is 9.58. The van der Waals surface area contributed by atoms with Crippen molar-refractivity contribution in [3.05, 3.63) is 67.7 Å². The van der Waals surface area contributed by atoms with Crippen LogP contribution < -0.4 is 10.9 Å². The fourth-order valence-electron chi connectivity index (χ4n) is 1.50. The molecule has 2 aromatic carbocycles. The van der Waals surface area contributed by atoms with Gasteiger partial charge in [0.05, 0.1) is 5.56 Å². The van der Waals surface area contributed by atoms with Crippen LogP contribution in [0.25, 0.3) is 0 Å². The zero-order chi connectivity index (χ0) is 14.5. The summed E-state index contributed by atoms with van der Waals surface area (Å²) in [6.45, 7) is 0. The molecule has 0 saturated carbocycles. The fourth-order valence-corrected chi connectivity index (χ4v) is 2.32. The first-order valence-corrected chi connectivity index (χ1v) is 7.56. The molecule has 2 N–H and O–H groups in total. The molecule has 0 aromatic heterocycles. The topological polar surface area (TPSA) is 58.2 Å². The Kier molecular flexibility index (Phi) is 5.13. The van der Waals surface area contributed by atoms with Gasteiger partial charge in [-0.15, -0.1) is 0 Å². The van der Waals surface area contributed by atoms with Crippen LogP contribution in [0.5, 0.6) is 0 Å². The molecule has 6 heteroatoms. The van der Waals surface area contributed by atoms with E-state index in [9.17, 15) is 9.59 Å². The number of amides is 2. The number of rotatable bonds is 2. The monoisotopic (exact) mass is 444 g/mol. The molecule has 0 radical (unpaired) electrons. The Morgan fingerprint density at radius 2 is 1.50 bits per heavy atom. The summed E-state index contributed by atoms with van der Waals surface area (Å²) in [6, 6.07) is 14.0. The lowest BCUT2D eigenvalue weighted by Crippen LogP contribution is -2.41. The second kappa shape index (κ2) is 6.85. The van der Waals surface area contributed by atoms with Crippen molar-refractivity contribution >= 4 is 50.3 Å². The maximum absolute atomic E-state index is 11.9. The lowest BCUT2D eigenvalue weighted by Gasteiger charge is -2.08. The Morgan fingerprint density at radius 1 is 0.900 bits per heavy atom. The molecular weight excluding hydrogens is 435 g/mol. The van der Waals surface area contributed by atoms with Crippen molar-refractivity contribution in [3.8, 4) is 0 Å². The van der Waals surface area contributed by atoms with E-state index in [1.807, 2.05) is 18.2 Å². The summed E-state index contributed by atoms with van der Waals surface area (Å²) in [5, 5.41) is 0. The zero-order valence-electron chi connectivity index (χ0n) is 10.2. The highest BCUT2D eigenvalue weighted by Gasteiger charge is 2.11. The van der Waals surface area contributed by atoms with E-state index < -0.39 is 0 Å². The molecule has 0 fully saturated rings. The van der Waals surface area contributed by atoms with Gasteiger partial charge in [0.15, 0.2) is 0 Å². The Morgan fingerprint density at radius 3 is 2.15 bits per heavy atom. The number of halogens is 2. The minimum absolute atomic E-state index is 0.359. The predicted molar refractivity (Wildman–Crippen MR) is 88.2 cm³/mol. The number of hydrazine groups is 1. The average Bonchev–Trinajstić information content (AvgIpc) is 2.45. The maximum atomic E-state index is 11.9. The van der Waals surface area contributed by atoms with E-state index in [0.29, 0.717) is 15.6 Å². The Bertz CT molecular complexity index is 644. The number of benzene rings is 2. The van der Waals surface area contributed by atoms with Crippen LogP contribution in [-0.2, 0) is 0 Å².